The van der Waals surface area contributed by atoms with Gasteiger partial charge in [0, 0.05) is 64.4 Å². The molecule has 3 N–H and O–H groups in total. The van der Waals surface area contributed by atoms with Gasteiger partial charge >= 0.3 is 0 Å². The van der Waals surface area contributed by atoms with E-state index in [4.69, 9.17) is 28.3 Å². The molecule has 1 amide bonds. The highest BCUT2D eigenvalue weighted by atomic mass is 35.5. The molecular formula is C40H41Cl2FN6O2. The minimum Gasteiger partial charge on any atom is -0.390 e. The second-order valence-electron chi connectivity index (χ2n) is 14.0. The maximum atomic E-state index is 16.3. The van der Waals surface area contributed by atoms with Crippen molar-refractivity contribution in [2.75, 3.05) is 13.1 Å². The Bertz CT molecular complexity index is 2090. The lowest BCUT2D eigenvalue weighted by Gasteiger charge is -2.24. The van der Waals surface area contributed by atoms with Crippen LogP contribution < -0.4 is 5.32 Å². The number of nitriles is 1. The van der Waals surface area contributed by atoms with Crippen molar-refractivity contribution in [2.45, 2.75) is 77.0 Å². The predicted octanol–water partition coefficient (Wildman–Crippen LogP) is 8.61. The largest absolute Gasteiger partial charge is 0.390 e. The van der Waals surface area contributed by atoms with E-state index in [1.54, 1.807) is 30.5 Å². The van der Waals surface area contributed by atoms with Crippen molar-refractivity contribution in [2.24, 2.45) is 11.8 Å². The fourth-order valence-electron chi connectivity index (χ4n) is 7.56. The van der Waals surface area contributed by atoms with Gasteiger partial charge in [0.1, 0.15) is 5.52 Å². The summed E-state index contributed by atoms with van der Waals surface area (Å²) in [7, 11) is 0. The lowest BCUT2D eigenvalue weighted by Crippen LogP contribution is -2.31. The van der Waals surface area contributed by atoms with Gasteiger partial charge in [-0.25, -0.2) is 9.37 Å². The lowest BCUT2D eigenvalue weighted by atomic mass is 9.87. The molecule has 2 aromatic carbocycles. The summed E-state index contributed by atoms with van der Waals surface area (Å²) in [5, 5.41) is 23.3. The average molecular weight is 728 g/mol. The van der Waals surface area contributed by atoms with Gasteiger partial charge in [-0.2, -0.15) is 5.26 Å². The molecule has 2 aliphatic carbocycles. The average Bonchev–Trinajstić information content (AvgIpc) is 3.53. The van der Waals surface area contributed by atoms with Crippen LogP contribution in [-0.2, 0) is 17.8 Å². The van der Waals surface area contributed by atoms with Crippen molar-refractivity contribution >= 4 is 50.9 Å². The van der Waals surface area contributed by atoms with E-state index >= 15 is 4.39 Å². The SMILES string of the molecule is C1NC2CC1C2.Cc1nc2c(F)c(-c3cccc(Cl)c3Cl)c(CCC#N)cc2c2[nH]c(C3CCCN3C(=O)C3CC3)cc12.OCc1ccccn1. The molecule has 8 nitrogen and oxygen atoms in total. The number of aromatic nitrogens is 3. The van der Waals surface area contributed by atoms with Gasteiger partial charge < -0.3 is 20.3 Å². The van der Waals surface area contributed by atoms with E-state index in [0.29, 0.717) is 44.9 Å². The number of aliphatic hydroxyl groups excluding tert-OH is 1. The van der Waals surface area contributed by atoms with Gasteiger partial charge in [0.15, 0.2) is 5.82 Å². The van der Waals surface area contributed by atoms with Crippen molar-refractivity contribution in [1.82, 2.24) is 25.2 Å². The zero-order valence-electron chi connectivity index (χ0n) is 28.6. The fourth-order valence-corrected chi connectivity index (χ4v) is 7.96. The van der Waals surface area contributed by atoms with Gasteiger partial charge in [-0.15, -0.1) is 0 Å². The lowest BCUT2D eigenvalue weighted by molar-refractivity contribution is -0.133. The van der Waals surface area contributed by atoms with Gasteiger partial charge in [0.2, 0.25) is 5.91 Å². The Morgan fingerprint density at radius 1 is 1.12 bits per heavy atom. The molecule has 0 spiro atoms. The van der Waals surface area contributed by atoms with Gasteiger partial charge in [0.25, 0.3) is 0 Å². The van der Waals surface area contributed by atoms with E-state index in [-0.39, 0.29) is 41.4 Å². The highest BCUT2D eigenvalue weighted by molar-refractivity contribution is 6.43. The molecule has 264 valence electrons. The summed E-state index contributed by atoms with van der Waals surface area (Å²) < 4.78 is 16.3. The Hall–Kier alpha value is -4.07. The number of benzene rings is 2. The number of aryl methyl sites for hydroxylation is 2. The first kappa shape index (κ1) is 35.3. The molecule has 51 heavy (non-hydrogen) atoms. The topological polar surface area (TPSA) is 118 Å². The number of H-pyrrole nitrogens is 1. The third-order valence-corrected chi connectivity index (χ3v) is 11.3. The second-order valence-corrected chi connectivity index (χ2v) is 14.8. The molecule has 1 atom stereocenters. The maximum absolute atomic E-state index is 16.3. The van der Waals surface area contributed by atoms with Crippen LogP contribution in [0.5, 0.6) is 0 Å². The number of aromatic amines is 1. The van der Waals surface area contributed by atoms with Gasteiger partial charge in [-0.3, -0.25) is 9.78 Å². The normalized spacial score (nSPS) is 20.3. The smallest absolute Gasteiger partial charge is 0.226 e. The number of halogens is 3. The number of carbonyl (C=O) groups is 1. The minimum atomic E-state index is -0.484. The number of amides is 1. The molecule has 5 aromatic rings. The van der Waals surface area contributed by atoms with Crippen LogP contribution in [-0.4, -0.2) is 50.0 Å². The summed E-state index contributed by atoms with van der Waals surface area (Å²) in [5.41, 5.74) is 4.89. The molecule has 5 fully saturated rings. The zero-order valence-corrected chi connectivity index (χ0v) is 30.1. The van der Waals surface area contributed by atoms with Crippen LogP contribution in [0.25, 0.3) is 32.9 Å². The quantitative estimate of drug-likeness (QED) is 0.161. The van der Waals surface area contributed by atoms with Crippen LogP contribution in [0.2, 0.25) is 10.0 Å². The summed E-state index contributed by atoms with van der Waals surface area (Å²) in [5.74, 6) is 1.01. The van der Waals surface area contributed by atoms with Gasteiger partial charge in [-0.05, 0) is 100 Å². The summed E-state index contributed by atoms with van der Waals surface area (Å²) in [6.07, 6.45) is 9.01. The van der Waals surface area contributed by atoms with E-state index in [1.807, 2.05) is 30.0 Å². The predicted molar refractivity (Wildman–Crippen MR) is 199 cm³/mol. The summed E-state index contributed by atoms with van der Waals surface area (Å²) in [6, 6.07) is 17.6. The Kier molecular flexibility index (Phi) is 10.6. The molecule has 1 unspecified atom stereocenters. The first-order valence-electron chi connectivity index (χ1n) is 17.8. The van der Waals surface area contributed by atoms with Crippen LogP contribution in [0, 0.1) is 35.9 Å². The molecule has 5 aliphatic rings. The number of carbonyl (C=O) groups excluding carboxylic acids is 1. The summed E-state index contributed by atoms with van der Waals surface area (Å²) in [6.45, 7) is 3.98. The number of nitrogens with one attached hydrogen (secondary N) is 2. The Morgan fingerprint density at radius 3 is 2.57 bits per heavy atom. The van der Waals surface area contributed by atoms with Gasteiger partial charge in [-0.1, -0.05) is 41.4 Å². The number of likely N-dealkylation sites (tertiary alicyclic amines) is 1. The van der Waals surface area contributed by atoms with E-state index in [2.05, 4.69) is 32.4 Å². The molecule has 2 saturated carbocycles. The van der Waals surface area contributed by atoms with Crippen molar-refractivity contribution < 1.29 is 14.3 Å². The van der Waals surface area contributed by atoms with E-state index in [1.165, 1.54) is 19.4 Å². The molecule has 0 radical (unpaired) electrons. The molecule has 3 aromatic heterocycles. The Morgan fingerprint density at radius 2 is 1.94 bits per heavy atom. The molecule has 3 saturated heterocycles. The molecule has 11 heteroatoms. The monoisotopic (exact) mass is 726 g/mol. The molecule has 6 heterocycles. The minimum absolute atomic E-state index is 0.0117. The number of rotatable bonds is 6. The second kappa shape index (κ2) is 15.3. The fraction of sp³-hybridized carbons (Fsp3) is 0.400. The van der Waals surface area contributed by atoms with Crippen molar-refractivity contribution in [3.05, 3.63) is 93.2 Å². The third-order valence-electron chi connectivity index (χ3n) is 10.5. The number of pyridine rings is 2. The highest BCUT2D eigenvalue weighted by Gasteiger charge is 2.39. The van der Waals surface area contributed by atoms with Crippen LogP contribution in [0.4, 0.5) is 4.39 Å². The van der Waals surface area contributed by atoms with Crippen LogP contribution >= 0.6 is 23.2 Å². The van der Waals surface area contributed by atoms with Crippen molar-refractivity contribution in [3.8, 4) is 17.2 Å². The molecule has 3 aliphatic heterocycles. The first-order chi connectivity index (χ1) is 24.8. The van der Waals surface area contributed by atoms with Crippen LogP contribution in [0.3, 0.4) is 0 Å². The Labute approximate surface area is 307 Å². The Balaban J connectivity index is 0.000000238. The summed E-state index contributed by atoms with van der Waals surface area (Å²) in [4.78, 5) is 27.0. The van der Waals surface area contributed by atoms with Crippen molar-refractivity contribution in [3.63, 3.8) is 0 Å². The number of nitrogens with zero attached hydrogens (tertiary/aromatic N) is 4. The number of aliphatic hydroxyl groups is 1. The zero-order chi connectivity index (χ0) is 35.6. The highest BCUT2D eigenvalue weighted by Crippen LogP contribution is 2.43. The summed E-state index contributed by atoms with van der Waals surface area (Å²) >= 11 is 12.8. The van der Waals surface area contributed by atoms with Gasteiger partial charge in [0.05, 0.1) is 40.0 Å². The van der Waals surface area contributed by atoms with Crippen LogP contribution in [0.1, 0.15) is 73.6 Å². The standard InChI is InChI=1S/C29H25Cl2FN4O.C6H7NO.C5H9N/c1-15-19-14-22(23-8-4-12-36(23)29(37)16-9-10-16)35-27(19)20-13-17(5-3-11-33)24(26(32)28(20)34-15)18-6-2-7-21(30)25(18)31;8-5-6-3-1-2-4-7-6;1-4-2-5(1)6-3-4/h2,6-7,13-14,16,23,35H,3-5,8-10,12H2,1H3;1-4,8H,5H2;4-6H,1-3H2. The molecule has 2 bridgehead atoms. The number of fused-ring (bicyclic) bond motifs is 4. The number of hydrogen-bond donors (Lipinski definition) is 3. The van der Waals surface area contributed by atoms with E-state index in [0.717, 1.165) is 60.8 Å². The van der Waals surface area contributed by atoms with Crippen LogP contribution in [0.15, 0.2) is 54.7 Å². The molecular weight excluding hydrogens is 686 g/mol. The number of hydrogen-bond acceptors (Lipinski definition) is 6. The van der Waals surface area contributed by atoms with E-state index < -0.39 is 5.82 Å². The third kappa shape index (κ3) is 7.33. The van der Waals surface area contributed by atoms with E-state index in [9.17, 15) is 10.1 Å². The molecule has 10 rings (SSSR count). The first-order valence-corrected chi connectivity index (χ1v) is 18.5. The maximum Gasteiger partial charge on any atom is 0.226 e. The van der Waals surface area contributed by atoms with Crippen molar-refractivity contribution in [1.29, 1.82) is 5.26 Å².